The molecule has 0 spiro atoms. The van der Waals surface area contributed by atoms with Crippen LogP contribution in [0.1, 0.15) is 19.4 Å². The average molecular weight is 423 g/mol. The van der Waals surface area contributed by atoms with Crippen LogP contribution in [0.5, 0.6) is 0 Å². The molecule has 4 rings (SSSR count). The van der Waals surface area contributed by atoms with Crippen LogP contribution < -0.4 is 0 Å². The van der Waals surface area contributed by atoms with Gasteiger partial charge >= 0.3 is 0 Å². The second-order valence-electron chi connectivity index (χ2n) is 7.41. The van der Waals surface area contributed by atoms with Crippen LogP contribution in [-0.2, 0) is 5.60 Å². The second-order valence-corrected chi connectivity index (χ2v) is 8.19. The minimum Gasteiger partial charge on any atom is -0.386 e. The number of benzene rings is 3. The van der Waals surface area contributed by atoms with Crippen LogP contribution in [0.25, 0.3) is 28.2 Å². The summed E-state index contributed by atoms with van der Waals surface area (Å²) in [6.07, 6.45) is 3.64. The molecule has 1 aromatic heterocycles. The average Bonchev–Trinajstić information content (AvgIpc) is 3.19. The highest BCUT2D eigenvalue weighted by atomic mass is 35.5. The predicted molar refractivity (Wildman–Crippen MR) is 120 cm³/mol. The van der Waals surface area contributed by atoms with Crippen LogP contribution in [0.4, 0.5) is 0 Å². The lowest BCUT2D eigenvalue weighted by Crippen LogP contribution is -2.15. The summed E-state index contributed by atoms with van der Waals surface area (Å²) in [6, 6.07) is 21.7. The molecule has 3 nitrogen and oxygen atoms in total. The summed E-state index contributed by atoms with van der Waals surface area (Å²) >= 11 is 12.6. The predicted octanol–water partition coefficient (Wildman–Crippen LogP) is 6.74. The van der Waals surface area contributed by atoms with Gasteiger partial charge in [0.2, 0.25) is 0 Å². The van der Waals surface area contributed by atoms with Crippen molar-refractivity contribution in [1.29, 1.82) is 0 Å². The van der Waals surface area contributed by atoms with E-state index in [-0.39, 0.29) is 0 Å². The van der Waals surface area contributed by atoms with Crippen LogP contribution in [0.15, 0.2) is 79.1 Å². The van der Waals surface area contributed by atoms with Gasteiger partial charge < -0.3 is 5.11 Å². The van der Waals surface area contributed by atoms with E-state index < -0.39 is 5.60 Å². The number of rotatable bonds is 4. The van der Waals surface area contributed by atoms with Crippen molar-refractivity contribution in [3.63, 3.8) is 0 Å². The highest BCUT2D eigenvalue weighted by molar-refractivity contribution is 6.43. The van der Waals surface area contributed by atoms with Crippen molar-refractivity contribution in [2.45, 2.75) is 19.4 Å². The molecule has 0 aliphatic carbocycles. The molecule has 0 radical (unpaired) electrons. The summed E-state index contributed by atoms with van der Waals surface area (Å²) in [5.41, 5.74) is 3.88. The van der Waals surface area contributed by atoms with Gasteiger partial charge in [-0.2, -0.15) is 0 Å². The van der Waals surface area contributed by atoms with Gasteiger partial charge in [0.15, 0.2) is 0 Å². The first-order valence-electron chi connectivity index (χ1n) is 9.26. The summed E-state index contributed by atoms with van der Waals surface area (Å²) in [5.74, 6) is 0.731. The third-order valence-electron chi connectivity index (χ3n) is 4.88. The zero-order chi connectivity index (χ0) is 20.6. The quantitative estimate of drug-likeness (QED) is 0.395. The fourth-order valence-electron chi connectivity index (χ4n) is 3.28. The summed E-state index contributed by atoms with van der Waals surface area (Å²) in [5, 5.41) is 11.3. The van der Waals surface area contributed by atoms with Crippen LogP contribution in [0.2, 0.25) is 10.0 Å². The first-order valence-corrected chi connectivity index (χ1v) is 10.0. The molecule has 1 N–H and O–H groups in total. The molecular formula is C24H20Cl2N2O. The maximum absolute atomic E-state index is 10.3. The molecule has 146 valence electrons. The molecule has 5 heteroatoms. The number of halogens is 2. The lowest BCUT2D eigenvalue weighted by molar-refractivity contribution is 0.0786. The van der Waals surface area contributed by atoms with Crippen LogP contribution in [0, 0.1) is 0 Å². The van der Waals surface area contributed by atoms with Gasteiger partial charge in [0.25, 0.3) is 0 Å². The Hall–Kier alpha value is -2.59. The third-order valence-corrected chi connectivity index (χ3v) is 5.70. The Balaban J connectivity index is 1.70. The summed E-state index contributed by atoms with van der Waals surface area (Å²) in [4.78, 5) is 4.48. The van der Waals surface area contributed by atoms with Crippen molar-refractivity contribution in [3.8, 4) is 28.2 Å². The molecule has 0 saturated carbocycles. The molecule has 3 aromatic carbocycles. The topological polar surface area (TPSA) is 38.0 Å². The fraction of sp³-hybridized carbons (Fsp3) is 0.125. The van der Waals surface area contributed by atoms with Gasteiger partial charge in [-0.25, -0.2) is 4.98 Å². The van der Waals surface area contributed by atoms with Gasteiger partial charge in [0.1, 0.15) is 5.82 Å². The zero-order valence-electron chi connectivity index (χ0n) is 16.1. The van der Waals surface area contributed by atoms with Crippen molar-refractivity contribution in [2.75, 3.05) is 0 Å². The SMILES string of the molecule is CC(C)(O)c1cccc(-c2ccc(-n3ccnc3-c3cccc(Cl)c3Cl)cc2)c1. The molecule has 0 unspecified atom stereocenters. The summed E-state index contributed by atoms with van der Waals surface area (Å²) in [7, 11) is 0. The monoisotopic (exact) mass is 422 g/mol. The first kappa shape index (κ1) is 19.7. The van der Waals surface area contributed by atoms with Crippen molar-refractivity contribution < 1.29 is 5.11 Å². The normalized spacial score (nSPS) is 11.6. The van der Waals surface area contributed by atoms with Gasteiger partial charge in [0.05, 0.1) is 15.6 Å². The fourth-order valence-corrected chi connectivity index (χ4v) is 3.67. The standard InChI is InChI=1S/C24H20Cl2N2O/c1-24(2,29)18-6-3-5-17(15-18)16-9-11-19(12-10-16)28-14-13-27-23(28)20-7-4-8-21(25)22(20)26/h3-15,29H,1-2H3. The van der Waals surface area contributed by atoms with E-state index in [1.54, 1.807) is 26.1 Å². The van der Waals surface area contributed by atoms with E-state index in [2.05, 4.69) is 17.1 Å². The molecule has 0 aliphatic rings. The van der Waals surface area contributed by atoms with Gasteiger partial charge in [-0.05, 0) is 60.9 Å². The molecule has 29 heavy (non-hydrogen) atoms. The lowest BCUT2D eigenvalue weighted by Gasteiger charge is -2.18. The number of nitrogens with zero attached hydrogens (tertiary/aromatic N) is 2. The Morgan fingerprint density at radius 2 is 1.62 bits per heavy atom. The zero-order valence-corrected chi connectivity index (χ0v) is 17.6. The van der Waals surface area contributed by atoms with Gasteiger partial charge in [-0.15, -0.1) is 0 Å². The van der Waals surface area contributed by atoms with Crippen LogP contribution in [-0.4, -0.2) is 14.7 Å². The highest BCUT2D eigenvalue weighted by Gasteiger charge is 2.16. The van der Waals surface area contributed by atoms with Crippen molar-refractivity contribution in [3.05, 3.63) is 94.7 Å². The van der Waals surface area contributed by atoms with E-state index in [9.17, 15) is 5.11 Å². The molecule has 0 amide bonds. The molecule has 4 aromatic rings. The minimum atomic E-state index is -0.877. The van der Waals surface area contributed by atoms with E-state index >= 15 is 0 Å². The van der Waals surface area contributed by atoms with Gasteiger partial charge in [-0.3, -0.25) is 4.57 Å². The molecule has 1 heterocycles. The second kappa shape index (κ2) is 7.68. The van der Waals surface area contributed by atoms with E-state index in [1.807, 2.05) is 59.3 Å². The van der Waals surface area contributed by atoms with Crippen LogP contribution >= 0.6 is 23.2 Å². The van der Waals surface area contributed by atoms with Crippen molar-refractivity contribution in [1.82, 2.24) is 9.55 Å². The summed E-state index contributed by atoms with van der Waals surface area (Å²) in [6.45, 7) is 3.58. The molecule has 0 atom stereocenters. The Labute approximate surface area is 180 Å². The lowest BCUT2D eigenvalue weighted by atomic mass is 9.94. The summed E-state index contributed by atoms with van der Waals surface area (Å²) < 4.78 is 1.98. The number of aliphatic hydroxyl groups is 1. The number of hydrogen-bond donors (Lipinski definition) is 1. The van der Waals surface area contributed by atoms with Crippen molar-refractivity contribution in [2.24, 2.45) is 0 Å². The van der Waals surface area contributed by atoms with Gasteiger partial charge in [0, 0.05) is 23.6 Å². The third kappa shape index (κ3) is 3.95. The highest BCUT2D eigenvalue weighted by Crippen LogP contribution is 2.34. The Morgan fingerprint density at radius 3 is 2.34 bits per heavy atom. The van der Waals surface area contributed by atoms with Gasteiger partial charge in [-0.1, -0.05) is 59.6 Å². The minimum absolute atomic E-state index is 0.488. The van der Waals surface area contributed by atoms with Crippen molar-refractivity contribution >= 4 is 23.2 Å². The van der Waals surface area contributed by atoms with E-state index in [0.29, 0.717) is 10.0 Å². The first-order chi connectivity index (χ1) is 13.8. The van der Waals surface area contributed by atoms with Crippen LogP contribution in [0.3, 0.4) is 0 Å². The Morgan fingerprint density at radius 1 is 0.897 bits per heavy atom. The Kier molecular flexibility index (Phi) is 5.22. The molecule has 0 fully saturated rings. The maximum atomic E-state index is 10.3. The molecule has 0 bridgehead atoms. The number of aromatic nitrogens is 2. The van der Waals surface area contributed by atoms with E-state index in [1.165, 1.54) is 0 Å². The molecule has 0 aliphatic heterocycles. The van der Waals surface area contributed by atoms with E-state index in [0.717, 1.165) is 33.8 Å². The number of imidazole rings is 1. The smallest absolute Gasteiger partial charge is 0.146 e. The molecular weight excluding hydrogens is 403 g/mol. The number of hydrogen-bond acceptors (Lipinski definition) is 2. The maximum Gasteiger partial charge on any atom is 0.146 e. The molecule has 0 saturated heterocycles. The van der Waals surface area contributed by atoms with E-state index in [4.69, 9.17) is 23.2 Å². The largest absolute Gasteiger partial charge is 0.386 e. The Bertz CT molecular complexity index is 1160.